The Labute approximate surface area is 188 Å². The Morgan fingerprint density at radius 1 is 1.00 bits per heavy atom. The number of nitrogens with one attached hydrogen (secondary N) is 3. The summed E-state index contributed by atoms with van der Waals surface area (Å²) >= 11 is 0. The van der Waals surface area contributed by atoms with E-state index in [2.05, 4.69) is 20.9 Å². The lowest BCUT2D eigenvalue weighted by atomic mass is 9.78. The first-order valence-electron chi connectivity index (χ1n) is 12.9. The lowest BCUT2D eigenvalue weighted by Crippen LogP contribution is -2.63. The van der Waals surface area contributed by atoms with Crippen LogP contribution in [0.5, 0.6) is 0 Å². The number of amides is 1. The van der Waals surface area contributed by atoms with E-state index >= 15 is 0 Å². The second-order valence-electron chi connectivity index (χ2n) is 10.7. The van der Waals surface area contributed by atoms with Crippen LogP contribution in [0, 0.1) is 23.7 Å². The van der Waals surface area contributed by atoms with Crippen molar-refractivity contribution in [2.24, 2.45) is 29.4 Å². The smallest absolute Gasteiger partial charge is 0.221 e. The van der Waals surface area contributed by atoms with Crippen LogP contribution in [0.4, 0.5) is 0 Å². The number of ether oxygens (including phenoxy) is 1. The van der Waals surface area contributed by atoms with E-state index in [-0.39, 0.29) is 18.1 Å². The van der Waals surface area contributed by atoms with Gasteiger partial charge < -0.3 is 15.4 Å². The third-order valence-corrected chi connectivity index (χ3v) is 8.56. The maximum atomic E-state index is 11.5. The molecule has 0 radical (unpaired) electrons. The largest absolute Gasteiger partial charge is 0.381 e. The van der Waals surface area contributed by atoms with Crippen molar-refractivity contribution in [3.05, 3.63) is 0 Å². The van der Waals surface area contributed by atoms with Crippen molar-refractivity contribution < 1.29 is 9.53 Å². The van der Waals surface area contributed by atoms with E-state index in [9.17, 15) is 4.79 Å². The highest BCUT2D eigenvalue weighted by Gasteiger charge is 2.32. The average molecular weight is 436 g/mol. The first kappa shape index (κ1) is 23.4. The number of piperidine rings is 1. The number of carbonyl (C=O) groups excluding carboxylic acids is 1. The van der Waals surface area contributed by atoms with Crippen LogP contribution in [-0.2, 0) is 9.53 Å². The maximum Gasteiger partial charge on any atom is 0.221 e. The summed E-state index contributed by atoms with van der Waals surface area (Å²) in [6.45, 7) is 5.39. The molecule has 7 heteroatoms. The number of methoxy groups -OCH3 is 1. The molecule has 178 valence electrons. The molecule has 2 saturated carbocycles. The predicted molar refractivity (Wildman–Crippen MR) is 123 cm³/mol. The summed E-state index contributed by atoms with van der Waals surface area (Å²) in [6.07, 6.45) is 13.0. The molecule has 4 fully saturated rings. The molecule has 1 amide bonds. The Morgan fingerprint density at radius 2 is 1.71 bits per heavy atom. The van der Waals surface area contributed by atoms with Gasteiger partial charge in [-0.25, -0.2) is 0 Å². The molecule has 0 aromatic carbocycles. The molecule has 5 N–H and O–H groups in total. The van der Waals surface area contributed by atoms with E-state index in [4.69, 9.17) is 10.5 Å². The third-order valence-electron chi connectivity index (χ3n) is 8.56. The molecule has 0 aromatic rings. The fraction of sp³-hybridized carbons (Fsp3) is 0.958. The summed E-state index contributed by atoms with van der Waals surface area (Å²) in [5.74, 6) is 2.31. The molecule has 7 nitrogen and oxygen atoms in total. The Morgan fingerprint density at radius 3 is 2.35 bits per heavy atom. The second kappa shape index (κ2) is 11.4. The number of nitrogens with two attached hydrogens (primary N) is 1. The molecule has 1 atom stereocenters. The molecule has 2 aliphatic heterocycles. The van der Waals surface area contributed by atoms with Crippen molar-refractivity contribution in [1.82, 2.24) is 20.9 Å². The number of carbonyl (C=O) groups is 1. The zero-order valence-electron chi connectivity index (χ0n) is 19.5. The first-order chi connectivity index (χ1) is 15.1. The molecular weight excluding hydrogens is 390 g/mol. The van der Waals surface area contributed by atoms with E-state index in [1.54, 1.807) is 0 Å². The predicted octanol–water partition coefficient (Wildman–Crippen LogP) is 1.63. The van der Waals surface area contributed by atoms with Crippen molar-refractivity contribution in [2.75, 3.05) is 39.8 Å². The van der Waals surface area contributed by atoms with Crippen molar-refractivity contribution in [3.63, 3.8) is 0 Å². The van der Waals surface area contributed by atoms with Crippen molar-refractivity contribution >= 4 is 5.91 Å². The summed E-state index contributed by atoms with van der Waals surface area (Å²) in [5, 5.41) is 11.3. The first-order valence-corrected chi connectivity index (χ1v) is 12.9. The van der Waals surface area contributed by atoms with Gasteiger partial charge in [-0.2, -0.15) is 0 Å². The van der Waals surface area contributed by atoms with Crippen LogP contribution >= 0.6 is 0 Å². The van der Waals surface area contributed by atoms with Crippen LogP contribution in [0.25, 0.3) is 0 Å². The minimum Gasteiger partial charge on any atom is -0.381 e. The molecule has 2 saturated heterocycles. The monoisotopic (exact) mass is 435 g/mol. The maximum absolute atomic E-state index is 11.5. The Balaban J connectivity index is 1.11. The molecule has 0 spiro atoms. The number of primary amides is 1. The van der Waals surface area contributed by atoms with Crippen molar-refractivity contribution in [3.8, 4) is 0 Å². The highest BCUT2D eigenvalue weighted by Crippen LogP contribution is 2.32. The standard InChI is InChI=1S/C24H45N5O2/c1-31-22-10-6-18(7-11-22)20-13-26-24(27-14-20)28-21-8-4-17(5-9-21)15-29-12-2-3-19(16-29)23(25)30/h17-22,24,26-28H,2-16H2,1H3,(H2,25,30). The van der Waals surface area contributed by atoms with Gasteiger partial charge in [-0.05, 0) is 88.5 Å². The lowest BCUT2D eigenvalue weighted by Gasteiger charge is -2.41. The van der Waals surface area contributed by atoms with Gasteiger partial charge in [-0.15, -0.1) is 0 Å². The van der Waals surface area contributed by atoms with Gasteiger partial charge in [-0.3, -0.25) is 20.7 Å². The Kier molecular flexibility index (Phi) is 8.63. The van der Waals surface area contributed by atoms with Gasteiger partial charge in [0, 0.05) is 39.3 Å². The van der Waals surface area contributed by atoms with E-state index in [1.165, 1.54) is 51.4 Å². The molecule has 4 aliphatic rings. The zero-order valence-corrected chi connectivity index (χ0v) is 19.5. The Bertz CT molecular complexity index is 552. The van der Waals surface area contributed by atoms with Gasteiger partial charge in [0.2, 0.25) is 5.91 Å². The number of rotatable bonds is 7. The normalized spacial score (nSPS) is 40.5. The lowest BCUT2D eigenvalue weighted by molar-refractivity contribution is -0.123. The van der Waals surface area contributed by atoms with Gasteiger partial charge >= 0.3 is 0 Å². The van der Waals surface area contributed by atoms with Crippen LogP contribution in [0.2, 0.25) is 0 Å². The highest BCUT2D eigenvalue weighted by molar-refractivity contribution is 5.76. The van der Waals surface area contributed by atoms with E-state index in [0.29, 0.717) is 12.1 Å². The van der Waals surface area contributed by atoms with E-state index in [1.807, 2.05) is 7.11 Å². The number of nitrogens with zero attached hydrogens (tertiary/aromatic N) is 1. The molecule has 2 heterocycles. The number of hydrogen-bond donors (Lipinski definition) is 4. The molecule has 1 unspecified atom stereocenters. The molecule has 0 bridgehead atoms. The quantitative estimate of drug-likeness (QED) is 0.486. The summed E-state index contributed by atoms with van der Waals surface area (Å²) < 4.78 is 5.53. The van der Waals surface area contributed by atoms with Crippen LogP contribution in [0.1, 0.15) is 64.2 Å². The topological polar surface area (TPSA) is 91.7 Å². The second-order valence-corrected chi connectivity index (χ2v) is 10.7. The Hall–Kier alpha value is -0.730. The zero-order chi connectivity index (χ0) is 21.6. The van der Waals surface area contributed by atoms with E-state index < -0.39 is 0 Å². The van der Waals surface area contributed by atoms with Gasteiger partial charge in [0.15, 0.2) is 0 Å². The average Bonchev–Trinajstić information content (AvgIpc) is 2.81. The minimum atomic E-state index is -0.116. The molecular formula is C24H45N5O2. The summed E-state index contributed by atoms with van der Waals surface area (Å²) in [5.41, 5.74) is 5.54. The van der Waals surface area contributed by atoms with E-state index in [0.717, 1.165) is 63.3 Å². The van der Waals surface area contributed by atoms with Gasteiger partial charge in [0.25, 0.3) is 0 Å². The number of likely N-dealkylation sites (tertiary alicyclic amines) is 1. The molecule has 2 aliphatic carbocycles. The van der Waals surface area contributed by atoms with Crippen molar-refractivity contribution in [2.45, 2.75) is 82.6 Å². The highest BCUT2D eigenvalue weighted by atomic mass is 16.5. The third kappa shape index (κ3) is 6.64. The van der Waals surface area contributed by atoms with Crippen molar-refractivity contribution in [1.29, 1.82) is 0 Å². The summed E-state index contributed by atoms with van der Waals surface area (Å²) in [7, 11) is 1.85. The summed E-state index contributed by atoms with van der Waals surface area (Å²) in [6, 6.07) is 0.606. The SMILES string of the molecule is COC1CCC(C2CNC(NC3CCC(CN4CCCC(C(N)=O)C4)CC3)NC2)CC1. The number of hydrogen-bond acceptors (Lipinski definition) is 6. The summed E-state index contributed by atoms with van der Waals surface area (Å²) in [4.78, 5) is 14.0. The fourth-order valence-electron chi connectivity index (χ4n) is 6.50. The van der Waals surface area contributed by atoms with Crippen LogP contribution in [0.3, 0.4) is 0 Å². The van der Waals surface area contributed by atoms with Gasteiger partial charge in [0.05, 0.1) is 12.0 Å². The molecule has 31 heavy (non-hydrogen) atoms. The molecule has 0 aromatic heterocycles. The fourth-order valence-corrected chi connectivity index (χ4v) is 6.50. The van der Waals surface area contributed by atoms with Gasteiger partial charge in [-0.1, -0.05) is 0 Å². The minimum absolute atomic E-state index is 0.0639. The van der Waals surface area contributed by atoms with Gasteiger partial charge in [0.1, 0.15) is 6.29 Å². The molecule has 4 rings (SSSR count). The van der Waals surface area contributed by atoms with Crippen LogP contribution < -0.4 is 21.7 Å². The van der Waals surface area contributed by atoms with Crippen LogP contribution in [0.15, 0.2) is 0 Å². The van der Waals surface area contributed by atoms with Crippen LogP contribution in [-0.4, -0.2) is 69.1 Å².